The lowest BCUT2D eigenvalue weighted by atomic mass is 10.2. The van der Waals surface area contributed by atoms with Crippen LogP contribution in [0.5, 0.6) is 0 Å². The molecule has 1 aliphatic heterocycles. The SMILES string of the molecule is Cc1oncc1CN1CCN(c2ccccc2Cl)CC1. The molecule has 20 heavy (non-hydrogen) atoms. The van der Waals surface area contributed by atoms with E-state index in [1.807, 2.05) is 31.3 Å². The second-order valence-electron chi connectivity index (χ2n) is 5.12. The van der Waals surface area contributed by atoms with Gasteiger partial charge in [0.15, 0.2) is 0 Å². The van der Waals surface area contributed by atoms with Crippen molar-refractivity contribution in [3.05, 3.63) is 46.8 Å². The fourth-order valence-corrected chi connectivity index (χ4v) is 2.82. The molecule has 1 aliphatic rings. The van der Waals surface area contributed by atoms with Crippen molar-refractivity contribution in [2.24, 2.45) is 0 Å². The molecule has 0 unspecified atom stereocenters. The Labute approximate surface area is 123 Å². The maximum absolute atomic E-state index is 6.25. The van der Waals surface area contributed by atoms with E-state index < -0.39 is 0 Å². The third kappa shape index (κ3) is 2.81. The minimum absolute atomic E-state index is 0.829. The molecule has 0 spiro atoms. The van der Waals surface area contributed by atoms with E-state index >= 15 is 0 Å². The summed E-state index contributed by atoms with van der Waals surface area (Å²) in [6, 6.07) is 8.04. The lowest BCUT2D eigenvalue weighted by Gasteiger charge is -2.36. The summed E-state index contributed by atoms with van der Waals surface area (Å²) in [5.74, 6) is 0.915. The fraction of sp³-hybridized carbons (Fsp3) is 0.400. The molecule has 5 heteroatoms. The number of halogens is 1. The predicted molar refractivity (Wildman–Crippen MR) is 80.2 cm³/mol. The van der Waals surface area contributed by atoms with E-state index in [1.54, 1.807) is 0 Å². The number of aryl methyl sites for hydroxylation is 1. The van der Waals surface area contributed by atoms with Gasteiger partial charge in [-0.2, -0.15) is 0 Å². The highest BCUT2D eigenvalue weighted by Gasteiger charge is 2.19. The van der Waals surface area contributed by atoms with Crippen LogP contribution in [0.25, 0.3) is 0 Å². The largest absolute Gasteiger partial charge is 0.368 e. The Kier molecular flexibility index (Phi) is 3.94. The van der Waals surface area contributed by atoms with E-state index in [-0.39, 0.29) is 0 Å². The molecule has 0 atom stereocenters. The Hall–Kier alpha value is -1.52. The molecular weight excluding hydrogens is 274 g/mol. The van der Waals surface area contributed by atoms with Gasteiger partial charge in [-0.05, 0) is 19.1 Å². The maximum atomic E-state index is 6.25. The first-order valence-electron chi connectivity index (χ1n) is 6.86. The standard InChI is InChI=1S/C15H18ClN3O/c1-12-13(10-17-20-12)11-18-6-8-19(9-7-18)15-5-3-2-4-14(15)16/h2-5,10H,6-9,11H2,1H3. The van der Waals surface area contributed by atoms with E-state index in [2.05, 4.69) is 21.0 Å². The van der Waals surface area contributed by atoms with Gasteiger partial charge in [0, 0.05) is 38.3 Å². The summed E-state index contributed by atoms with van der Waals surface area (Å²) >= 11 is 6.25. The summed E-state index contributed by atoms with van der Waals surface area (Å²) in [5, 5.41) is 4.66. The zero-order valence-corrected chi connectivity index (χ0v) is 12.3. The quantitative estimate of drug-likeness (QED) is 0.870. The molecule has 1 aromatic heterocycles. The normalized spacial score (nSPS) is 16.6. The van der Waals surface area contributed by atoms with Crippen molar-refractivity contribution in [1.29, 1.82) is 0 Å². The van der Waals surface area contributed by atoms with Crippen LogP contribution in [0.15, 0.2) is 35.0 Å². The molecule has 2 heterocycles. The monoisotopic (exact) mass is 291 g/mol. The molecule has 1 fully saturated rings. The van der Waals surface area contributed by atoms with Crippen molar-refractivity contribution >= 4 is 17.3 Å². The molecule has 1 saturated heterocycles. The predicted octanol–water partition coefficient (Wildman–Crippen LogP) is 2.96. The summed E-state index contributed by atoms with van der Waals surface area (Å²) in [6.45, 7) is 6.90. The van der Waals surface area contributed by atoms with Crippen LogP contribution in [0.2, 0.25) is 5.02 Å². The maximum Gasteiger partial charge on any atom is 0.138 e. The topological polar surface area (TPSA) is 32.5 Å². The number of anilines is 1. The van der Waals surface area contributed by atoms with Crippen LogP contribution >= 0.6 is 11.6 Å². The molecular formula is C15H18ClN3O. The number of hydrogen-bond donors (Lipinski definition) is 0. The zero-order chi connectivity index (χ0) is 13.9. The van der Waals surface area contributed by atoms with Gasteiger partial charge in [0.05, 0.1) is 16.9 Å². The van der Waals surface area contributed by atoms with Crippen molar-refractivity contribution in [3.63, 3.8) is 0 Å². The van der Waals surface area contributed by atoms with Gasteiger partial charge in [0.25, 0.3) is 0 Å². The molecule has 0 N–H and O–H groups in total. The average Bonchev–Trinajstić information content (AvgIpc) is 2.86. The summed E-state index contributed by atoms with van der Waals surface area (Å²) in [7, 11) is 0. The Bertz CT molecular complexity index is 576. The summed E-state index contributed by atoms with van der Waals surface area (Å²) in [5.41, 5.74) is 2.31. The first-order valence-corrected chi connectivity index (χ1v) is 7.24. The van der Waals surface area contributed by atoms with Crippen LogP contribution < -0.4 is 4.90 Å². The molecule has 0 aliphatic carbocycles. The number of para-hydroxylation sites is 1. The second kappa shape index (κ2) is 5.85. The van der Waals surface area contributed by atoms with Gasteiger partial charge in [-0.1, -0.05) is 28.9 Å². The Morgan fingerprint density at radius 2 is 1.95 bits per heavy atom. The van der Waals surface area contributed by atoms with Crippen LogP contribution in [0.1, 0.15) is 11.3 Å². The number of aromatic nitrogens is 1. The number of rotatable bonds is 3. The minimum Gasteiger partial charge on any atom is -0.368 e. The lowest BCUT2D eigenvalue weighted by molar-refractivity contribution is 0.248. The molecule has 0 radical (unpaired) electrons. The molecule has 1 aromatic carbocycles. The van der Waals surface area contributed by atoms with Crippen molar-refractivity contribution in [3.8, 4) is 0 Å². The highest BCUT2D eigenvalue weighted by atomic mass is 35.5. The smallest absolute Gasteiger partial charge is 0.138 e. The van der Waals surface area contributed by atoms with Crippen LogP contribution in [0.3, 0.4) is 0 Å². The van der Waals surface area contributed by atoms with E-state index in [4.69, 9.17) is 16.1 Å². The van der Waals surface area contributed by atoms with Gasteiger partial charge in [0.1, 0.15) is 5.76 Å². The fourth-order valence-electron chi connectivity index (χ4n) is 2.57. The third-order valence-electron chi connectivity index (χ3n) is 3.81. The Morgan fingerprint density at radius 3 is 2.60 bits per heavy atom. The van der Waals surface area contributed by atoms with Crippen LogP contribution in [0, 0.1) is 6.92 Å². The summed E-state index contributed by atoms with van der Waals surface area (Å²) in [6.07, 6.45) is 1.82. The van der Waals surface area contributed by atoms with E-state index in [0.717, 1.165) is 49.2 Å². The van der Waals surface area contributed by atoms with Crippen molar-refractivity contribution < 1.29 is 4.52 Å². The Balaban J connectivity index is 1.60. The van der Waals surface area contributed by atoms with Crippen LogP contribution in [0.4, 0.5) is 5.69 Å². The van der Waals surface area contributed by atoms with Crippen LogP contribution in [-0.2, 0) is 6.54 Å². The van der Waals surface area contributed by atoms with Crippen LogP contribution in [-0.4, -0.2) is 36.2 Å². The molecule has 4 nitrogen and oxygen atoms in total. The lowest BCUT2D eigenvalue weighted by Crippen LogP contribution is -2.46. The number of nitrogens with zero attached hydrogens (tertiary/aromatic N) is 3. The first-order chi connectivity index (χ1) is 9.74. The highest BCUT2D eigenvalue weighted by molar-refractivity contribution is 6.33. The van der Waals surface area contributed by atoms with Crippen molar-refractivity contribution in [1.82, 2.24) is 10.1 Å². The molecule has 0 bridgehead atoms. The highest BCUT2D eigenvalue weighted by Crippen LogP contribution is 2.26. The molecule has 0 amide bonds. The van der Waals surface area contributed by atoms with Gasteiger partial charge in [-0.25, -0.2) is 0 Å². The van der Waals surface area contributed by atoms with Gasteiger partial charge in [0.2, 0.25) is 0 Å². The molecule has 3 rings (SSSR count). The minimum atomic E-state index is 0.829. The third-order valence-corrected chi connectivity index (χ3v) is 4.13. The first kappa shape index (κ1) is 13.5. The zero-order valence-electron chi connectivity index (χ0n) is 11.6. The number of piperazine rings is 1. The van der Waals surface area contributed by atoms with Crippen molar-refractivity contribution in [2.75, 3.05) is 31.1 Å². The molecule has 106 valence electrons. The van der Waals surface area contributed by atoms with E-state index in [1.165, 1.54) is 5.56 Å². The van der Waals surface area contributed by atoms with Gasteiger partial charge < -0.3 is 9.42 Å². The van der Waals surface area contributed by atoms with Gasteiger partial charge >= 0.3 is 0 Å². The second-order valence-corrected chi connectivity index (χ2v) is 5.53. The average molecular weight is 292 g/mol. The van der Waals surface area contributed by atoms with E-state index in [0.29, 0.717) is 0 Å². The van der Waals surface area contributed by atoms with Gasteiger partial charge in [-0.15, -0.1) is 0 Å². The molecule has 0 saturated carbocycles. The number of hydrogen-bond acceptors (Lipinski definition) is 4. The summed E-state index contributed by atoms with van der Waals surface area (Å²) in [4.78, 5) is 4.77. The number of benzene rings is 1. The van der Waals surface area contributed by atoms with Crippen molar-refractivity contribution in [2.45, 2.75) is 13.5 Å². The van der Waals surface area contributed by atoms with E-state index in [9.17, 15) is 0 Å². The summed E-state index contributed by atoms with van der Waals surface area (Å²) < 4.78 is 5.11. The Morgan fingerprint density at radius 1 is 1.20 bits per heavy atom. The molecule has 2 aromatic rings. The van der Waals surface area contributed by atoms with Gasteiger partial charge in [-0.3, -0.25) is 4.90 Å².